The molecule has 2 aromatic carbocycles. The Labute approximate surface area is 146 Å². The van der Waals surface area contributed by atoms with Gasteiger partial charge in [-0.1, -0.05) is 18.2 Å². The summed E-state index contributed by atoms with van der Waals surface area (Å²) in [4.78, 5) is 32.7. The summed E-state index contributed by atoms with van der Waals surface area (Å²) in [5.41, 5.74) is 6.86. The smallest absolute Gasteiger partial charge is 0.301 e. The molecule has 3 N–H and O–H groups in total. The number of thiocarbonyl (C=S) groups is 1. The van der Waals surface area contributed by atoms with Crippen LogP contribution in [0, 0.1) is 20.2 Å². The standard InChI is InChI=1S/C14H11N5O5S/c15-14(25)17(16-13(20)9-4-2-1-3-5-9)11-7-6-10(18(21)22)8-12(11)19(23)24/h1-8H,(H2,15,25)(H,16,20). The Bertz CT molecular complexity index is 858. The monoisotopic (exact) mass is 361 g/mol. The molecular formula is C14H11N5O5S. The summed E-state index contributed by atoms with van der Waals surface area (Å²) < 4.78 is 0. The van der Waals surface area contributed by atoms with Gasteiger partial charge in [0.15, 0.2) is 5.11 Å². The Kier molecular flexibility index (Phi) is 5.19. The maximum atomic E-state index is 12.2. The SMILES string of the molecule is NC(=S)N(NC(=O)c1ccccc1)c1ccc([N+](=O)[O-])cc1[N+](=O)[O-]. The van der Waals surface area contributed by atoms with Crippen LogP contribution in [-0.4, -0.2) is 20.9 Å². The van der Waals surface area contributed by atoms with E-state index in [-0.39, 0.29) is 16.4 Å². The average molecular weight is 361 g/mol. The van der Waals surface area contributed by atoms with Gasteiger partial charge in [0.1, 0.15) is 5.69 Å². The van der Waals surface area contributed by atoms with Crippen LogP contribution in [-0.2, 0) is 0 Å². The van der Waals surface area contributed by atoms with E-state index in [1.807, 2.05) is 0 Å². The number of non-ortho nitro benzene ring substituents is 1. The molecule has 11 heteroatoms. The van der Waals surface area contributed by atoms with Gasteiger partial charge in [-0.05, 0) is 30.4 Å². The molecule has 0 aliphatic heterocycles. The highest BCUT2D eigenvalue weighted by Crippen LogP contribution is 2.31. The zero-order valence-corrected chi connectivity index (χ0v) is 13.3. The lowest BCUT2D eigenvalue weighted by molar-refractivity contribution is -0.393. The minimum absolute atomic E-state index is 0.201. The number of carbonyl (C=O) groups excluding carboxylic acids is 1. The number of hydrogen-bond donors (Lipinski definition) is 2. The van der Waals surface area contributed by atoms with Crippen LogP contribution in [0.5, 0.6) is 0 Å². The summed E-state index contributed by atoms with van der Waals surface area (Å²) in [6.45, 7) is 0. The molecule has 128 valence electrons. The summed E-state index contributed by atoms with van der Waals surface area (Å²) in [6, 6.07) is 10.9. The number of nitrogens with zero attached hydrogens (tertiary/aromatic N) is 3. The van der Waals surface area contributed by atoms with Crippen LogP contribution >= 0.6 is 12.2 Å². The first-order valence-electron chi connectivity index (χ1n) is 6.69. The van der Waals surface area contributed by atoms with Gasteiger partial charge in [-0.25, -0.2) is 5.01 Å². The molecule has 0 radical (unpaired) electrons. The number of anilines is 1. The van der Waals surface area contributed by atoms with E-state index in [0.29, 0.717) is 0 Å². The third kappa shape index (κ3) is 4.03. The number of nitrogens with one attached hydrogen (secondary N) is 1. The molecule has 0 atom stereocenters. The van der Waals surface area contributed by atoms with E-state index in [0.717, 1.165) is 23.2 Å². The molecule has 0 fully saturated rings. The van der Waals surface area contributed by atoms with Gasteiger partial charge < -0.3 is 5.73 Å². The van der Waals surface area contributed by atoms with Crippen molar-refractivity contribution in [3.05, 3.63) is 74.3 Å². The van der Waals surface area contributed by atoms with Gasteiger partial charge in [0, 0.05) is 11.6 Å². The van der Waals surface area contributed by atoms with E-state index in [1.54, 1.807) is 18.2 Å². The maximum Gasteiger partial charge on any atom is 0.301 e. The second-order valence-corrected chi connectivity index (χ2v) is 5.09. The van der Waals surface area contributed by atoms with Crippen molar-refractivity contribution in [3.8, 4) is 0 Å². The molecule has 0 saturated carbocycles. The van der Waals surface area contributed by atoms with Gasteiger partial charge in [0.2, 0.25) is 0 Å². The number of hydrazine groups is 1. The van der Waals surface area contributed by atoms with Crippen molar-refractivity contribution in [1.82, 2.24) is 5.43 Å². The third-order valence-electron chi connectivity index (χ3n) is 3.08. The second-order valence-electron chi connectivity index (χ2n) is 4.67. The molecule has 0 bridgehead atoms. The van der Waals surface area contributed by atoms with Crippen LogP contribution < -0.4 is 16.2 Å². The first kappa shape index (κ1) is 17.7. The van der Waals surface area contributed by atoms with Crippen LogP contribution in [0.25, 0.3) is 0 Å². The number of amides is 1. The number of nitrogens with two attached hydrogens (primary N) is 1. The number of nitro groups is 2. The highest BCUT2D eigenvalue weighted by atomic mass is 32.1. The van der Waals surface area contributed by atoms with E-state index in [1.165, 1.54) is 12.1 Å². The summed E-state index contributed by atoms with van der Waals surface area (Å²) >= 11 is 4.83. The lowest BCUT2D eigenvalue weighted by atomic mass is 10.2. The minimum Gasteiger partial charge on any atom is -0.374 e. The van der Waals surface area contributed by atoms with Crippen LogP contribution in [0.4, 0.5) is 17.1 Å². The largest absolute Gasteiger partial charge is 0.374 e. The van der Waals surface area contributed by atoms with Gasteiger partial charge in [-0.3, -0.25) is 30.4 Å². The first-order chi connectivity index (χ1) is 11.8. The molecule has 0 spiro atoms. The lowest BCUT2D eigenvalue weighted by Crippen LogP contribution is -2.49. The van der Waals surface area contributed by atoms with Crippen LogP contribution in [0.1, 0.15) is 10.4 Å². The molecule has 2 aromatic rings. The van der Waals surface area contributed by atoms with Gasteiger partial charge in [-0.2, -0.15) is 0 Å². The van der Waals surface area contributed by atoms with Crippen molar-refractivity contribution >= 4 is 40.3 Å². The fourth-order valence-corrected chi connectivity index (χ4v) is 2.09. The third-order valence-corrected chi connectivity index (χ3v) is 3.26. The number of benzene rings is 2. The topological polar surface area (TPSA) is 145 Å². The van der Waals surface area contributed by atoms with Crippen LogP contribution in [0.3, 0.4) is 0 Å². The highest BCUT2D eigenvalue weighted by molar-refractivity contribution is 7.80. The maximum absolute atomic E-state index is 12.2. The molecule has 25 heavy (non-hydrogen) atoms. The number of carbonyl (C=O) groups is 1. The van der Waals surface area contributed by atoms with E-state index in [9.17, 15) is 25.0 Å². The van der Waals surface area contributed by atoms with E-state index >= 15 is 0 Å². The molecule has 1 amide bonds. The van der Waals surface area contributed by atoms with Crippen molar-refractivity contribution in [3.63, 3.8) is 0 Å². The fraction of sp³-hybridized carbons (Fsp3) is 0. The number of hydrogen-bond acceptors (Lipinski definition) is 6. The normalized spacial score (nSPS) is 9.92. The molecule has 0 heterocycles. The highest BCUT2D eigenvalue weighted by Gasteiger charge is 2.26. The van der Waals surface area contributed by atoms with Crippen molar-refractivity contribution in [2.24, 2.45) is 5.73 Å². The minimum atomic E-state index is -0.831. The Balaban J connectivity index is 2.43. The molecule has 0 saturated heterocycles. The Morgan fingerprint density at radius 1 is 1.08 bits per heavy atom. The number of rotatable bonds is 4. The fourth-order valence-electron chi connectivity index (χ4n) is 1.95. The predicted molar refractivity (Wildman–Crippen MR) is 92.9 cm³/mol. The second kappa shape index (κ2) is 7.31. The summed E-state index contributed by atoms with van der Waals surface area (Å²) in [5, 5.41) is 22.5. The molecule has 10 nitrogen and oxygen atoms in total. The average Bonchev–Trinajstić information content (AvgIpc) is 2.59. The van der Waals surface area contributed by atoms with E-state index < -0.39 is 27.1 Å². The Hall–Kier alpha value is -3.60. The van der Waals surface area contributed by atoms with Crippen molar-refractivity contribution < 1.29 is 14.6 Å². The zero-order chi connectivity index (χ0) is 18.6. The van der Waals surface area contributed by atoms with Crippen molar-refractivity contribution in [1.29, 1.82) is 0 Å². The number of nitro benzene ring substituents is 2. The Morgan fingerprint density at radius 2 is 1.72 bits per heavy atom. The van der Waals surface area contributed by atoms with Crippen LogP contribution in [0.15, 0.2) is 48.5 Å². The molecule has 0 aromatic heterocycles. The molecular weight excluding hydrogens is 350 g/mol. The van der Waals surface area contributed by atoms with E-state index in [4.69, 9.17) is 18.0 Å². The lowest BCUT2D eigenvalue weighted by Gasteiger charge is -2.23. The molecule has 2 rings (SSSR count). The first-order valence-corrected chi connectivity index (χ1v) is 7.10. The zero-order valence-electron chi connectivity index (χ0n) is 12.5. The summed E-state index contributed by atoms with van der Waals surface area (Å²) in [5.74, 6) is -0.610. The van der Waals surface area contributed by atoms with Gasteiger partial charge in [0.25, 0.3) is 11.6 Å². The Morgan fingerprint density at radius 3 is 2.24 bits per heavy atom. The quantitative estimate of drug-likeness (QED) is 0.477. The van der Waals surface area contributed by atoms with E-state index in [2.05, 4.69) is 5.43 Å². The summed E-state index contributed by atoms with van der Waals surface area (Å²) in [6.07, 6.45) is 0. The van der Waals surface area contributed by atoms with Gasteiger partial charge in [0.05, 0.1) is 15.9 Å². The van der Waals surface area contributed by atoms with Gasteiger partial charge in [-0.15, -0.1) is 0 Å². The molecule has 0 unspecified atom stereocenters. The van der Waals surface area contributed by atoms with Crippen molar-refractivity contribution in [2.45, 2.75) is 0 Å². The summed E-state index contributed by atoms with van der Waals surface area (Å²) in [7, 11) is 0. The molecule has 0 aliphatic carbocycles. The van der Waals surface area contributed by atoms with Crippen LogP contribution in [0.2, 0.25) is 0 Å². The predicted octanol–water partition coefficient (Wildman–Crippen LogP) is 1.90. The molecule has 0 aliphatic rings. The van der Waals surface area contributed by atoms with Gasteiger partial charge >= 0.3 is 5.69 Å². The van der Waals surface area contributed by atoms with Crippen molar-refractivity contribution in [2.75, 3.05) is 5.01 Å².